The summed E-state index contributed by atoms with van der Waals surface area (Å²) >= 11 is 3.03. The zero-order valence-corrected chi connectivity index (χ0v) is 7.55. The number of benzene rings is 1. The second-order valence-corrected chi connectivity index (χ2v) is 2.96. The summed E-state index contributed by atoms with van der Waals surface area (Å²) in [7, 11) is 0. The van der Waals surface area contributed by atoms with Crippen molar-refractivity contribution in [2.45, 2.75) is 0 Å². The zero-order valence-electron chi connectivity index (χ0n) is 5.96. The second kappa shape index (κ2) is 3.53. The van der Waals surface area contributed by atoms with E-state index in [1.54, 1.807) is 0 Å². The molecule has 0 fully saturated rings. The highest BCUT2D eigenvalue weighted by molar-refractivity contribution is 9.10. The Morgan fingerprint density at radius 2 is 2.25 bits per heavy atom. The molecule has 5 heteroatoms. The van der Waals surface area contributed by atoms with Gasteiger partial charge in [-0.1, -0.05) is 0 Å². The monoisotopic (exact) mass is 232 g/mol. The Morgan fingerprint density at radius 3 is 2.83 bits per heavy atom. The lowest BCUT2D eigenvalue weighted by Gasteiger charge is -1.99. The van der Waals surface area contributed by atoms with E-state index in [0.29, 0.717) is 4.47 Å². The standard InChI is InChI=1S/C7H6BrFN2O/c8-5-1-4(3-11-10)6(9)2-7(5)12/h1-3,12H,10H2. The van der Waals surface area contributed by atoms with Gasteiger partial charge in [-0.2, -0.15) is 5.10 Å². The minimum atomic E-state index is -0.565. The molecule has 1 rings (SSSR count). The van der Waals surface area contributed by atoms with Crippen LogP contribution in [-0.2, 0) is 0 Å². The average Bonchev–Trinajstić information content (AvgIpc) is 2.01. The van der Waals surface area contributed by atoms with Crippen LogP contribution in [0.25, 0.3) is 0 Å². The van der Waals surface area contributed by atoms with Crippen molar-refractivity contribution in [3.8, 4) is 5.75 Å². The molecule has 3 N–H and O–H groups in total. The first-order valence-electron chi connectivity index (χ1n) is 3.06. The predicted molar refractivity (Wildman–Crippen MR) is 47.5 cm³/mol. The number of hydrazone groups is 1. The fraction of sp³-hybridized carbons (Fsp3) is 0. The van der Waals surface area contributed by atoms with E-state index in [2.05, 4.69) is 21.0 Å². The molecule has 3 nitrogen and oxygen atoms in total. The van der Waals surface area contributed by atoms with Gasteiger partial charge in [0.1, 0.15) is 11.6 Å². The van der Waals surface area contributed by atoms with Crippen molar-refractivity contribution < 1.29 is 9.50 Å². The van der Waals surface area contributed by atoms with Gasteiger partial charge in [0, 0.05) is 11.6 Å². The van der Waals surface area contributed by atoms with E-state index < -0.39 is 5.82 Å². The Kier molecular flexibility index (Phi) is 2.65. The van der Waals surface area contributed by atoms with Crippen LogP contribution < -0.4 is 5.84 Å². The van der Waals surface area contributed by atoms with Crippen LogP contribution in [0.3, 0.4) is 0 Å². The highest BCUT2D eigenvalue weighted by Crippen LogP contribution is 2.25. The molecule has 0 saturated carbocycles. The number of nitrogens with two attached hydrogens (primary N) is 1. The molecular weight excluding hydrogens is 227 g/mol. The molecule has 0 radical (unpaired) electrons. The minimum absolute atomic E-state index is 0.151. The Hall–Kier alpha value is -1.10. The summed E-state index contributed by atoms with van der Waals surface area (Å²) in [5.41, 5.74) is 0.224. The van der Waals surface area contributed by atoms with Crippen molar-refractivity contribution in [1.29, 1.82) is 0 Å². The zero-order chi connectivity index (χ0) is 9.14. The van der Waals surface area contributed by atoms with E-state index in [-0.39, 0.29) is 11.3 Å². The molecule has 0 atom stereocenters. The number of rotatable bonds is 1. The highest BCUT2D eigenvalue weighted by atomic mass is 79.9. The summed E-state index contributed by atoms with van der Waals surface area (Å²) in [5.74, 6) is 4.13. The van der Waals surface area contributed by atoms with Crippen LogP contribution in [0.2, 0.25) is 0 Å². The maximum atomic E-state index is 12.9. The van der Waals surface area contributed by atoms with E-state index >= 15 is 0 Å². The number of nitrogens with zero attached hydrogens (tertiary/aromatic N) is 1. The number of phenolic OH excluding ortho intramolecular Hbond substituents is 1. The summed E-state index contributed by atoms with van der Waals surface area (Å²) in [4.78, 5) is 0. The molecule has 0 amide bonds. The van der Waals surface area contributed by atoms with E-state index in [1.807, 2.05) is 0 Å². The molecule has 0 saturated heterocycles. The van der Waals surface area contributed by atoms with Gasteiger partial charge in [-0.3, -0.25) is 0 Å². The lowest BCUT2D eigenvalue weighted by atomic mass is 10.2. The maximum absolute atomic E-state index is 12.9. The molecule has 0 unspecified atom stereocenters. The Morgan fingerprint density at radius 1 is 1.58 bits per heavy atom. The molecule has 0 aliphatic carbocycles. The van der Waals surface area contributed by atoms with Gasteiger partial charge in [-0.15, -0.1) is 0 Å². The number of phenols is 1. The summed E-state index contributed by atoms with van der Waals surface area (Å²) in [6, 6.07) is 2.38. The highest BCUT2D eigenvalue weighted by Gasteiger charge is 2.04. The first-order valence-corrected chi connectivity index (χ1v) is 3.85. The van der Waals surface area contributed by atoms with E-state index in [9.17, 15) is 4.39 Å². The van der Waals surface area contributed by atoms with Gasteiger partial charge < -0.3 is 10.9 Å². The van der Waals surface area contributed by atoms with Crippen LogP contribution >= 0.6 is 15.9 Å². The van der Waals surface area contributed by atoms with Crippen LogP contribution in [0.15, 0.2) is 21.7 Å². The lowest BCUT2D eigenvalue weighted by molar-refractivity contribution is 0.465. The third-order valence-corrected chi connectivity index (χ3v) is 1.91. The van der Waals surface area contributed by atoms with Crippen molar-refractivity contribution in [2.75, 3.05) is 0 Å². The van der Waals surface area contributed by atoms with Gasteiger partial charge in [-0.25, -0.2) is 4.39 Å². The number of halogens is 2. The summed E-state index contributed by atoms with van der Waals surface area (Å²) in [5, 5.41) is 12.2. The van der Waals surface area contributed by atoms with Crippen LogP contribution in [0, 0.1) is 5.82 Å². The maximum Gasteiger partial charge on any atom is 0.135 e. The normalized spacial score (nSPS) is 10.8. The molecule has 1 aromatic rings. The van der Waals surface area contributed by atoms with Crippen LogP contribution in [0.5, 0.6) is 5.75 Å². The van der Waals surface area contributed by atoms with Crippen molar-refractivity contribution in [1.82, 2.24) is 0 Å². The topological polar surface area (TPSA) is 58.6 Å². The first-order chi connectivity index (χ1) is 5.65. The van der Waals surface area contributed by atoms with Gasteiger partial charge in [0.2, 0.25) is 0 Å². The summed E-state index contributed by atoms with van der Waals surface area (Å²) in [6.45, 7) is 0. The summed E-state index contributed by atoms with van der Waals surface area (Å²) in [6.07, 6.45) is 1.17. The average molecular weight is 233 g/mol. The minimum Gasteiger partial charge on any atom is -0.507 e. The van der Waals surface area contributed by atoms with E-state index in [4.69, 9.17) is 10.9 Å². The third kappa shape index (κ3) is 1.73. The van der Waals surface area contributed by atoms with Crippen molar-refractivity contribution in [3.05, 3.63) is 28.0 Å². The number of hydrogen-bond acceptors (Lipinski definition) is 3. The lowest BCUT2D eigenvalue weighted by Crippen LogP contribution is -1.91. The van der Waals surface area contributed by atoms with Crippen molar-refractivity contribution >= 4 is 22.1 Å². The molecule has 0 heterocycles. The summed E-state index contributed by atoms with van der Waals surface area (Å²) < 4.78 is 13.3. The molecule has 0 aliphatic heterocycles. The molecule has 0 spiro atoms. The van der Waals surface area contributed by atoms with Crippen LogP contribution in [0.1, 0.15) is 5.56 Å². The predicted octanol–water partition coefficient (Wildman–Crippen LogP) is 1.59. The van der Waals surface area contributed by atoms with E-state index in [0.717, 1.165) is 6.07 Å². The quantitative estimate of drug-likeness (QED) is 0.439. The molecule has 0 bridgehead atoms. The van der Waals surface area contributed by atoms with Gasteiger partial charge in [0.25, 0.3) is 0 Å². The van der Waals surface area contributed by atoms with Crippen molar-refractivity contribution in [2.24, 2.45) is 10.9 Å². The third-order valence-electron chi connectivity index (χ3n) is 1.28. The van der Waals surface area contributed by atoms with Gasteiger partial charge in [0.15, 0.2) is 0 Å². The molecule has 0 aliphatic rings. The first kappa shape index (κ1) is 8.99. The fourth-order valence-corrected chi connectivity index (χ4v) is 1.09. The second-order valence-electron chi connectivity index (χ2n) is 2.10. The Labute approximate surface area is 76.8 Å². The number of hydrogen-bond donors (Lipinski definition) is 2. The molecular formula is C7H6BrFN2O. The Bertz CT molecular complexity index is 327. The largest absolute Gasteiger partial charge is 0.507 e. The Balaban J connectivity index is 3.23. The smallest absolute Gasteiger partial charge is 0.135 e. The van der Waals surface area contributed by atoms with Gasteiger partial charge in [-0.05, 0) is 22.0 Å². The molecule has 0 aromatic heterocycles. The molecule has 64 valence electrons. The van der Waals surface area contributed by atoms with Crippen LogP contribution in [-0.4, -0.2) is 11.3 Å². The molecule has 12 heavy (non-hydrogen) atoms. The number of aromatic hydroxyl groups is 1. The molecule has 1 aromatic carbocycles. The fourth-order valence-electron chi connectivity index (χ4n) is 0.731. The van der Waals surface area contributed by atoms with Crippen LogP contribution in [0.4, 0.5) is 4.39 Å². The van der Waals surface area contributed by atoms with E-state index in [1.165, 1.54) is 12.3 Å². The van der Waals surface area contributed by atoms with Gasteiger partial charge in [0.05, 0.1) is 10.7 Å². The van der Waals surface area contributed by atoms with Gasteiger partial charge >= 0.3 is 0 Å². The van der Waals surface area contributed by atoms with Crippen molar-refractivity contribution in [3.63, 3.8) is 0 Å². The SMILES string of the molecule is NN=Cc1cc(Br)c(O)cc1F.